The quantitative estimate of drug-likeness (QED) is 0.378. The average Bonchev–Trinajstić information content (AvgIpc) is 3.13. The molecule has 0 saturated carbocycles. The summed E-state index contributed by atoms with van der Waals surface area (Å²) in [6.45, 7) is 4.32. The van der Waals surface area contributed by atoms with Crippen LogP contribution in [0.5, 0.6) is 0 Å². The average molecular weight is 391 g/mol. The maximum atomic E-state index is 4.64. The third kappa shape index (κ3) is 12.4. The van der Waals surface area contributed by atoms with Gasteiger partial charge >= 0.3 is 0 Å². The van der Waals surface area contributed by atoms with Crippen LogP contribution in [-0.2, 0) is 0 Å². The number of hydrogen-bond donors (Lipinski definition) is 2. The zero-order chi connectivity index (χ0) is 19.5. The highest BCUT2D eigenvalue weighted by Crippen LogP contribution is 2.11. The molecule has 28 heavy (non-hydrogen) atoms. The molecule has 0 radical (unpaired) electrons. The summed E-state index contributed by atoms with van der Waals surface area (Å²) in [5.74, 6) is 2.55. The molecular weight excluding hydrogens is 344 g/mol. The third-order valence-corrected chi connectivity index (χ3v) is 6.01. The minimum Gasteiger partial charge on any atom is -0.374 e. The topological polar surface area (TPSA) is 48.8 Å². The van der Waals surface area contributed by atoms with Crippen LogP contribution in [0.3, 0.4) is 0 Å². The lowest BCUT2D eigenvalue weighted by Crippen LogP contribution is -2.24. The predicted molar refractivity (Wildman–Crippen MR) is 124 cm³/mol. The van der Waals surface area contributed by atoms with E-state index in [1.165, 1.54) is 127 Å². The maximum absolute atomic E-state index is 4.64. The Morgan fingerprint density at radius 3 is 1.29 bits per heavy atom. The lowest BCUT2D eigenvalue weighted by molar-refractivity contribution is 0.548. The molecule has 0 aromatic rings. The van der Waals surface area contributed by atoms with Crippen molar-refractivity contribution in [3.63, 3.8) is 0 Å². The van der Waals surface area contributed by atoms with Crippen LogP contribution in [0.4, 0.5) is 0 Å². The molecule has 2 rings (SSSR count). The Balaban J connectivity index is 1.27. The maximum Gasteiger partial charge on any atom is 0.0963 e. The highest BCUT2D eigenvalue weighted by molar-refractivity contribution is 5.82. The Morgan fingerprint density at radius 1 is 0.464 bits per heavy atom. The monoisotopic (exact) mass is 390 g/mol. The Bertz CT molecular complexity index is 390. The van der Waals surface area contributed by atoms with Gasteiger partial charge in [-0.15, -0.1) is 0 Å². The van der Waals surface area contributed by atoms with Crippen molar-refractivity contribution in [3.8, 4) is 0 Å². The van der Waals surface area contributed by atoms with Crippen LogP contribution in [0.15, 0.2) is 9.98 Å². The van der Waals surface area contributed by atoms with Gasteiger partial charge in [0.25, 0.3) is 0 Å². The van der Waals surface area contributed by atoms with Crippen molar-refractivity contribution in [1.29, 1.82) is 0 Å². The molecule has 4 heteroatoms. The molecule has 2 heterocycles. The van der Waals surface area contributed by atoms with E-state index in [4.69, 9.17) is 0 Å². The Kier molecular flexibility index (Phi) is 14.0. The number of nitrogens with one attached hydrogen (secondary N) is 2. The number of unbranched alkanes of at least 4 members (excludes halogenated alkanes) is 9. The molecule has 0 aliphatic carbocycles. The summed E-state index contributed by atoms with van der Waals surface area (Å²) in [6, 6.07) is 0. The van der Waals surface area contributed by atoms with Gasteiger partial charge in [-0.25, -0.2) is 0 Å². The standard InChI is InChI=1S/C24H46N4/c1(3-5-7-13-19-25-23-17-11-9-15-21-27-23)2-4-6-8-14-20-26-24-18-12-10-16-22-28-24/h1-22H2,(H,25,27)(H,26,28). The lowest BCUT2D eigenvalue weighted by atomic mass is 10.1. The fourth-order valence-corrected chi connectivity index (χ4v) is 4.17. The van der Waals surface area contributed by atoms with Gasteiger partial charge in [0, 0.05) is 39.0 Å². The van der Waals surface area contributed by atoms with E-state index in [-0.39, 0.29) is 0 Å². The third-order valence-electron chi connectivity index (χ3n) is 6.01. The predicted octanol–water partition coefficient (Wildman–Crippen LogP) is 6.01. The molecule has 0 aromatic carbocycles. The molecule has 4 nitrogen and oxygen atoms in total. The SMILES string of the molecule is C(CCCCCCNC1=NCCCCC1)CCCCCNC1=NCCCCC1. The van der Waals surface area contributed by atoms with Gasteiger partial charge in [0.2, 0.25) is 0 Å². The van der Waals surface area contributed by atoms with E-state index in [0.29, 0.717) is 0 Å². The summed E-state index contributed by atoms with van der Waals surface area (Å²) in [6.07, 6.45) is 24.1. The van der Waals surface area contributed by atoms with Crippen LogP contribution in [0.2, 0.25) is 0 Å². The summed E-state index contributed by atoms with van der Waals surface area (Å²) >= 11 is 0. The molecule has 0 amide bonds. The largest absolute Gasteiger partial charge is 0.374 e. The van der Waals surface area contributed by atoms with E-state index in [2.05, 4.69) is 20.6 Å². The van der Waals surface area contributed by atoms with Crippen LogP contribution < -0.4 is 10.6 Å². The van der Waals surface area contributed by atoms with Gasteiger partial charge in [-0.3, -0.25) is 9.98 Å². The van der Waals surface area contributed by atoms with Gasteiger partial charge in [0.1, 0.15) is 0 Å². The van der Waals surface area contributed by atoms with Gasteiger partial charge in [0.15, 0.2) is 0 Å². The smallest absolute Gasteiger partial charge is 0.0963 e. The minimum absolute atomic E-state index is 1.04. The molecule has 0 fully saturated rings. The number of hydrogen-bond acceptors (Lipinski definition) is 4. The summed E-state index contributed by atoms with van der Waals surface area (Å²) in [5, 5.41) is 7.12. The fraction of sp³-hybridized carbons (Fsp3) is 0.917. The second kappa shape index (κ2) is 16.9. The number of aliphatic imine (C=N–C) groups is 2. The molecule has 2 aliphatic rings. The number of nitrogens with zero attached hydrogens (tertiary/aromatic N) is 2. The number of rotatable bonds is 13. The van der Waals surface area contributed by atoms with Crippen LogP contribution in [0, 0.1) is 0 Å². The van der Waals surface area contributed by atoms with E-state index in [0.717, 1.165) is 26.2 Å². The molecule has 162 valence electrons. The molecule has 0 saturated heterocycles. The number of amidine groups is 2. The van der Waals surface area contributed by atoms with E-state index in [1.807, 2.05) is 0 Å². The first-order valence-corrected chi connectivity index (χ1v) is 12.5. The first kappa shape index (κ1) is 23.2. The highest BCUT2D eigenvalue weighted by atomic mass is 15.0. The zero-order valence-electron chi connectivity index (χ0n) is 18.5. The van der Waals surface area contributed by atoms with Crippen molar-refractivity contribution < 1.29 is 0 Å². The van der Waals surface area contributed by atoms with Crippen LogP contribution in [0.25, 0.3) is 0 Å². The first-order chi connectivity index (χ1) is 13.9. The zero-order valence-corrected chi connectivity index (χ0v) is 18.5. The van der Waals surface area contributed by atoms with Crippen molar-refractivity contribution in [2.24, 2.45) is 9.98 Å². The van der Waals surface area contributed by atoms with Crippen molar-refractivity contribution in [3.05, 3.63) is 0 Å². The van der Waals surface area contributed by atoms with Crippen molar-refractivity contribution in [2.45, 2.75) is 116 Å². The van der Waals surface area contributed by atoms with E-state index >= 15 is 0 Å². The molecule has 0 aromatic heterocycles. The van der Waals surface area contributed by atoms with Gasteiger partial charge in [0.05, 0.1) is 11.7 Å². The summed E-state index contributed by atoms with van der Waals surface area (Å²) in [7, 11) is 0. The molecular formula is C24H46N4. The normalized spacial score (nSPS) is 18.0. The van der Waals surface area contributed by atoms with Gasteiger partial charge in [-0.1, -0.05) is 64.2 Å². The van der Waals surface area contributed by atoms with Crippen LogP contribution in [0.1, 0.15) is 116 Å². The molecule has 0 bridgehead atoms. The van der Waals surface area contributed by atoms with Crippen LogP contribution >= 0.6 is 0 Å². The molecule has 0 atom stereocenters. The first-order valence-electron chi connectivity index (χ1n) is 12.5. The van der Waals surface area contributed by atoms with E-state index in [1.54, 1.807) is 0 Å². The van der Waals surface area contributed by atoms with E-state index < -0.39 is 0 Å². The van der Waals surface area contributed by atoms with Crippen molar-refractivity contribution in [2.75, 3.05) is 26.2 Å². The minimum atomic E-state index is 1.04. The summed E-state index contributed by atoms with van der Waals surface area (Å²) < 4.78 is 0. The molecule has 0 spiro atoms. The molecule has 2 N–H and O–H groups in total. The van der Waals surface area contributed by atoms with Gasteiger partial charge in [-0.2, -0.15) is 0 Å². The fourth-order valence-electron chi connectivity index (χ4n) is 4.17. The second-order valence-electron chi connectivity index (χ2n) is 8.67. The molecule has 2 aliphatic heterocycles. The lowest BCUT2D eigenvalue weighted by Gasteiger charge is -2.08. The highest BCUT2D eigenvalue weighted by Gasteiger charge is 2.04. The van der Waals surface area contributed by atoms with Gasteiger partial charge in [-0.05, 0) is 38.5 Å². The second-order valence-corrected chi connectivity index (χ2v) is 8.67. The van der Waals surface area contributed by atoms with Crippen molar-refractivity contribution >= 4 is 11.7 Å². The van der Waals surface area contributed by atoms with E-state index in [9.17, 15) is 0 Å². The summed E-state index contributed by atoms with van der Waals surface area (Å²) in [5.41, 5.74) is 0. The Morgan fingerprint density at radius 2 is 0.857 bits per heavy atom. The van der Waals surface area contributed by atoms with Gasteiger partial charge < -0.3 is 10.6 Å². The molecule has 0 unspecified atom stereocenters. The summed E-state index contributed by atoms with van der Waals surface area (Å²) in [4.78, 5) is 9.28. The Hall–Kier alpha value is -1.06. The van der Waals surface area contributed by atoms with Crippen LogP contribution in [-0.4, -0.2) is 37.9 Å². The van der Waals surface area contributed by atoms with Crippen molar-refractivity contribution in [1.82, 2.24) is 10.6 Å². The Labute approximate surface area is 174 Å².